The highest BCUT2D eigenvalue weighted by molar-refractivity contribution is 8.15. The zero-order valence-corrected chi connectivity index (χ0v) is 21.5. The summed E-state index contributed by atoms with van der Waals surface area (Å²) in [6.45, 7) is 0. The number of sulfone groups is 2. The first kappa shape index (κ1) is 26.8. The van der Waals surface area contributed by atoms with Gasteiger partial charge in [-0.2, -0.15) is 4.68 Å². The Kier molecular flexibility index (Phi) is 9.76. The van der Waals surface area contributed by atoms with Crippen molar-refractivity contribution in [2.45, 2.75) is 5.16 Å². The second-order valence-corrected chi connectivity index (χ2v) is 13.7. The molecular weight excluding hydrogens is 533 g/mol. The maximum Gasteiger partial charge on any atom is 0.214 e. The molecular formula is C19H22N8O4S4. The highest BCUT2D eigenvalue weighted by Gasteiger charge is 2.23. The molecule has 0 bridgehead atoms. The van der Waals surface area contributed by atoms with Gasteiger partial charge >= 0.3 is 0 Å². The fourth-order valence-corrected chi connectivity index (χ4v) is 9.49. The quantitative estimate of drug-likeness (QED) is 0.0924. The number of aliphatic imine (C=N–C) groups is 1. The molecule has 0 aliphatic heterocycles. The van der Waals surface area contributed by atoms with E-state index in [0.29, 0.717) is 10.8 Å². The number of tetrazole rings is 1. The number of aromatic nitrogens is 4. The average Bonchev–Trinajstić information content (AvgIpc) is 3.28. The Labute approximate surface area is 211 Å². The van der Waals surface area contributed by atoms with Gasteiger partial charge in [0.25, 0.3) is 0 Å². The van der Waals surface area contributed by atoms with Gasteiger partial charge in [-0.1, -0.05) is 65.1 Å². The Hall–Kier alpha value is -2.82. The van der Waals surface area contributed by atoms with E-state index in [-0.39, 0.29) is 28.2 Å². The molecule has 0 radical (unpaired) electrons. The summed E-state index contributed by atoms with van der Waals surface area (Å²) >= 11 is 2.14. The van der Waals surface area contributed by atoms with E-state index in [1.165, 1.54) is 4.68 Å². The van der Waals surface area contributed by atoms with Gasteiger partial charge in [0.1, 0.15) is 0 Å². The molecule has 0 atom stereocenters. The molecule has 35 heavy (non-hydrogen) atoms. The summed E-state index contributed by atoms with van der Waals surface area (Å²) in [5.74, 6) is 4.53. The van der Waals surface area contributed by atoms with Gasteiger partial charge in [-0.25, -0.2) is 21.8 Å². The highest BCUT2D eigenvalue weighted by atomic mass is 32.3. The van der Waals surface area contributed by atoms with Gasteiger partial charge in [-0.05, 0) is 34.7 Å². The van der Waals surface area contributed by atoms with Crippen LogP contribution in [0.25, 0.3) is 5.69 Å². The summed E-state index contributed by atoms with van der Waals surface area (Å²) in [4.78, 5) is 4.24. The van der Waals surface area contributed by atoms with Gasteiger partial charge < -0.3 is 5.84 Å². The van der Waals surface area contributed by atoms with Crippen LogP contribution in [-0.2, 0) is 19.7 Å². The van der Waals surface area contributed by atoms with Crippen LogP contribution in [0.5, 0.6) is 0 Å². The van der Waals surface area contributed by atoms with Crippen molar-refractivity contribution in [2.24, 2.45) is 21.2 Å². The van der Waals surface area contributed by atoms with Crippen LogP contribution >= 0.6 is 23.5 Å². The number of hydrogen-bond acceptors (Lipinski definition) is 11. The van der Waals surface area contributed by atoms with Crippen LogP contribution in [-0.4, -0.2) is 70.3 Å². The molecule has 0 saturated carbocycles. The summed E-state index contributed by atoms with van der Waals surface area (Å²) < 4.78 is 51.2. The van der Waals surface area contributed by atoms with Crippen molar-refractivity contribution in [2.75, 3.05) is 28.1 Å². The number of rotatable bonds is 11. The molecule has 2 aromatic carbocycles. The normalized spacial score (nSPS) is 12.9. The predicted octanol–water partition coefficient (Wildman–Crippen LogP) is 2.29. The molecule has 2 N–H and O–H groups in total. The predicted molar refractivity (Wildman–Crippen MR) is 137 cm³/mol. The molecule has 12 nitrogen and oxygen atoms in total. The average molecular weight is 555 g/mol. The lowest BCUT2D eigenvalue weighted by atomic mass is 10.3. The van der Waals surface area contributed by atoms with Gasteiger partial charge in [0.05, 0.1) is 22.9 Å². The first-order chi connectivity index (χ1) is 16.8. The molecule has 1 aromatic heterocycles. The smallest absolute Gasteiger partial charge is 0.214 e. The lowest BCUT2D eigenvalue weighted by Crippen LogP contribution is -2.23. The molecule has 1 heterocycles. The van der Waals surface area contributed by atoms with Crippen molar-refractivity contribution in [3.8, 4) is 5.69 Å². The maximum absolute atomic E-state index is 12.4. The van der Waals surface area contributed by atoms with Crippen LogP contribution in [0.3, 0.4) is 0 Å². The third kappa shape index (κ3) is 9.04. The molecule has 3 aromatic rings. The van der Waals surface area contributed by atoms with Crippen molar-refractivity contribution >= 4 is 54.1 Å². The topological polar surface area (TPSA) is 175 Å². The summed E-state index contributed by atoms with van der Waals surface area (Å²) in [6, 6.07) is 18.0. The number of benzene rings is 2. The van der Waals surface area contributed by atoms with Crippen LogP contribution in [0.1, 0.15) is 0 Å². The largest absolute Gasteiger partial charge is 0.304 e. The van der Waals surface area contributed by atoms with Crippen molar-refractivity contribution in [3.05, 3.63) is 60.7 Å². The molecule has 16 heteroatoms. The van der Waals surface area contributed by atoms with Crippen molar-refractivity contribution in [1.82, 2.24) is 20.2 Å². The van der Waals surface area contributed by atoms with Crippen LogP contribution < -0.4 is 5.84 Å². The summed E-state index contributed by atoms with van der Waals surface area (Å²) in [5.41, 5.74) is 1.33. The first-order valence-corrected chi connectivity index (χ1v) is 15.6. The van der Waals surface area contributed by atoms with Gasteiger partial charge in [-0.3, -0.25) is 0 Å². The van der Waals surface area contributed by atoms with E-state index in [9.17, 15) is 16.8 Å². The SMILES string of the molecule is N/N=N\C(=Nc1ccccc1)SCCS(=O)(=O)CS(=O)(=O)CCSc1nnnn1-c1ccccc1. The molecule has 0 unspecified atom stereocenters. The van der Waals surface area contributed by atoms with Gasteiger partial charge in [0.15, 0.2) is 24.8 Å². The van der Waals surface area contributed by atoms with Gasteiger partial charge in [0.2, 0.25) is 10.3 Å². The number of thioether (sulfide) groups is 2. The van der Waals surface area contributed by atoms with E-state index in [1.54, 1.807) is 24.3 Å². The van der Waals surface area contributed by atoms with Crippen LogP contribution in [0.2, 0.25) is 0 Å². The lowest BCUT2D eigenvalue weighted by Gasteiger charge is -2.07. The Morgan fingerprint density at radius 2 is 1.54 bits per heavy atom. The standard InChI is InChI=1S/C19H22N8O4S4/c20-24-22-18(21-16-7-3-1-4-8-16)32-11-13-34(28,29)15-35(30,31)14-12-33-19-23-25-26-27(19)17-9-5-2-6-10-17/h1-10H,11-15H2,(H2,20,21,22). The zero-order chi connectivity index (χ0) is 25.2. The summed E-state index contributed by atoms with van der Waals surface area (Å²) in [5, 5.41) is 17.9. The Morgan fingerprint density at radius 3 is 2.20 bits per heavy atom. The fourth-order valence-electron chi connectivity index (χ4n) is 2.66. The van der Waals surface area contributed by atoms with Gasteiger partial charge in [0, 0.05) is 11.5 Å². The molecule has 186 valence electrons. The van der Waals surface area contributed by atoms with Crippen molar-refractivity contribution in [1.29, 1.82) is 0 Å². The van der Waals surface area contributed by atoms with E-state index in [1.807, 2.05) is 36.4 Å². The molecule has 3 rings (SSSR count). The number of hydrogen-bond donors (Lipinski definition) is 1. The van der Waals surface area contributed by atoms with E-state index in [4.69, 9.17) is 5.84 Å². The molecule has 0 aliphatic carbocycles. The van der Waals surface area contributed by atoms with Crippen LogP contribution in [0, 0.1) is 0 Å². The van der Waals surface area contributed by atoms with Gasteiger partial charge in [-0.15, -0.1) is 10.2 Å². The Morgan fingerprint density at radius 1 is 0.914 bits per heavy atom. The molecule has 0 fully saturated rings. The highest BCUT2D eigenvalue weighted by Crippen LogP contribution is 2.19. The van der Waals surface area contributed by atoms with E-state index in [0.717, 1.165) is 29.2 Å². The second-order valence-electron chi connectivity index (χ2n) is 6.86. The van der Waals surface area contributed by atoms with Crippen LogP contribution in [0.15, 0.2) is 81.2 Å². The number of nitrogens with two attached hydrogens (primary N) is 1. The summed E-state index contributed by atoms with van der Waals surface area (Å²) in [6.07, 6.45) is 0. The number of amidine groups is 1. The van der Waals surface area contributed by atoms with Crippen molar-refractivity contribution < 1.29 is 16.8 Å². The van der Waals surface area contributed by atoms with Crippen LogP contribution in [0.4, 0.5) is 5.69 Å². The zero-order valence-electron chi connectivity index (χ0n) is 18.3. The fraction of sp³-hybridized carbons (Fsp3) is 0.263. The minimum absolute atomic E-state index is 0.0448. The monoisotopic (exact) mass is 554 g/mol. The van der Waals surface area contributed by atoms with E-state index >= 15 is 0 Å². The molecule has 0 spiro atoms. The lowest BCUT2D eigenvalue weighted by molar-refractivity contribution is 0.590. The number of nitrogens with zero attached hydrogens (tertiary/aromatic N) is 7. The Bertz CT molecular complexity index is 1360. The maximum atomic E-state index is 12.4. The van der Waals surface area contributed by atoms with E-state index < -0.39 is 24.8 Å². The van der Waals surface area contributed by atoms with E-state index in [2.05, 4.69) is 30.9 Å². The second kappa shape index (κ2) is 12.8. The Balaban J connectivity index is 1.51. The molecule has 0 saturated heterocycles. The summed E-state index contributed by atoms with van der Waals surface area (Å²) in [7, 11) is -7.75. The minimum atomic E-state index is -3.88. The van der Waals surface area contributed by atoms with Crippen molar-refractivity contribution in [3.63, 3.8) is 0 Å². The molecule has 0 aliphatic rings. The third-order valence-corrected chi connectivity index (χ3v) is 11.0. The molecule has 0 amide bonds. The number of para-hydroxylation sites is 2. The first-order valence-electron chi connectivity index (χ1n) is 10.0. The minimum Gasteiger partial charge on any atom is -0.304 e. The third-order valence-electron chi connectivity index (χ3n) is 4.18.